The average Bonchev–Trinajstić information content (AvgIpc) is 3.36. The molecule has 0 radical (unpaired) electrons. The number of carbonyl (C=O) groups excluding carboxylic acids is 1. The predicted octanol–water partition coefficient (Wildman–Crippen LogP) is 3.84. The number of furan rings is 1. The van der Waals surface area contributed by atoms with Crippen molar-refractivity contribution in [2.24, 2.45) is 5.92 Å². The molecule has 0 atom stereocenters. The van der Waals surface area contributed by atoms with Crippen molar-refractivity contribution in [3.8, 4) is 11.6 Å². The summed E-state index contributed by atoms with van der Waals surface area (Å²) in [4.78, 5) is 26.6. The number of nitrogens with zero attached hydrogens (tertiary/aromatic N) is 4. The van der Waals surface area contributed by atoms with Gasteiger partial charge in [0.1, 0.15) is 5.82 Å². The quantitative estimate of drug-likeness (QED) is 0.467. The zero-order chi connectivity index (χ0) is 23.9. The molecular weight excluding hydrogens is 454 g/mol. The minimum Gasteiger partial charge on any atom is -0.461 e. The summed E-state index contributed by atoms with van der Waals surface area (Å²) >= 11 is 6.26. The number of carbonyl (C=O) groups is 1. The normalized spacial score (nSPS) is 14.6. The molecular formula is C25H32ClN5O3. The zero-order valence-electron chi connectivity index (χ0n) is 19.8. The highest BCUT2D eigenvalue weighted by atomic mass is 35.5. The lowest BCUT2D eigenvalue weighted by Gasteiger charge is -2.27. The Hall–Kier alpha value is -2.68. The molecule has 8 nitrogen and oxygen atoms in total. The highest BCUT2D eigenvalue weighted by Crippen LogP contribution is 2.30. The summed E-state index contributed by atoms with van der Waals surface area (Å²) in [5, 5.41) is 4.56. The molecule has 1 fully saturated rings. The van der Waals surface area contributed by atoms with Gasteiger partial charge in [-0.25, -0.2) is 9.97 Å². The Bertz CT molecular complexity index is 1080. The van der Waals surface area contributed by atoms with Crippen molar-refractivity contribution in [2.45, 2.75) is 20.3 Å². The van der Waals surface area contributed by atoms with Gasteiger partial charge in [-0.1, -0.05) is 25.4 Å². The molecule has 9 heteroatoms. The second-order valence-corrected chi connectivity index (χ2v) is 9.34. The van der Waals surface area contributed by atoms with Crippen LogP contribution in [0.2, 0.25) is 5.02 Å². The molecule has 1 saturated heterocycles. The van der Waals surface area contributed by atoms with Crippen molar-refractivity contribution in [3.63, 3.8) is 0 Å². The Balaban J connectivity index is 1.50. The first-order valence-electron chi connectivity index (χ1n) is 11.8. The molecule has 1 aromatic carbocycles. The highest BCUT2D eigenvalue weighted by molar-refractivity contribution is 6.31. The number of rotatable bonds is 10. The van der Waals surface area contributed by atoms with E-state index in [1.54, 1.807) is 6.26 Å². The summed E-state index contributed by atoms with van der Waals surface area (Å²) in [5.41, 5.74) is 0.743. The summed E-state index contributed by atoms with van der Waals surface area (Å²) in [6.07, 6.45) is 1.98. The van der Waals surface area contributed by atoms with Gasteiger partial charge in [-0.05, 0) is 36.2 Å². The van der Waals surface area contributed by atoms with E-state index in [9.17, 15) is 4.79 Å². The molecule has 1 N–H and O–H groups in total. The van der Waals surface area contributed by atoms with Gasteiger partial charge in [0, 0.05) is 56.1 Å². The number of halogens is 1. The molecule has 0 aliphatic carbocycles. The minimum atomic E-state index is 0.0367. The molecule has 0 unspecified atom stereocenters. The smallest absolute Gasteiger partial charge is 0.221 e. The predicted molar refractivity (Wildman–Crippen MR) is 134 cm³/mol. The summed E-state index contributed by atoms with van der Waals surface area (Å²) in [7, 11) is 0. The number of amides is 1. The van der Waals surface area contributed by atoms with Gasteiger partial charge in [-0.2, -0.15) is 0 Å². The van der Waals surface area contributed by atoms with Crippen LogP contribution in [0.1, 0.15) is 20.3 Å². The lowest BCUT2D eigenvalue weighted by molar-refractivity contribution is -0.121. The molecule has 3 aromatic rings. The first-order valence-corrected chi connectivity index (χ1v) is 12.2. The molecule has 4 rings (SSSR count). The third kappa shape index (κ3) is 6.46. The van der Waals surface area contributed by atoms with Gasteiger partial charge in [0.25, 0.3) is 0 Å². The molecule has 1 amide bonds. The van der Waals surface area contributed by atoms with Crippen molar-refractivity contribution in [1.29, 1.82) is 0 Å². The maximum absolute atomic E-state index is 12.6. The number of hydrogen-bond donors (Lipinski definition) is 1. The van der Waals surface area contributed by atoms with Gasteiger partial charge >= 0.3 is 0 Å². The zero-order valence-corrected chi connectivity index (χ0v) is 20.6. The van der Waals surface area contributed by atoms with Crippen molar-refractivity contribution < 1.29 is 13.9 Å². The van der Waals surface area contributed by atoms with Crippen LogP contribution >= 0.6 is 11.6 Å². The SMILES string of the molecule is CC(C)CN(CCC(=O)NCCN1CCOCC1)c1nc(-c2ccco2)nc2cc(Cl)ccc12. The number of morpholine rings is 1. The Morgan fingerprint density at radius 2 is 2.06 bits per heavy atom. The van der Waals surface area contributed by atoms with Gasteiger partial charge in [-0.15, -0.1) is 0 Å². The van der Waals surface area contributed by atoms with E-state index in [-0.39, 0.29) is 5.91 Å². The lowest BCUT2D eigenvalue weighted by atomic mass is 10.1. The van der Waals surface area contributed by atoms with Crippen molar-refractivity contribution >= 4 is 34.2 Å². The largest absolute Gasteiger partial charge is 0.461 e. The standard InChI is InChI=1S/C25H32ClN5O3/c1-18(2)17-31(9-7-23(32)27-8-10-30-11-14-33-15-12-30)25-20-6-5-19(26)16-21(20)28-24(29-25)22-4-3-13-34-22/h3-6,13,16,18H,7-12,14-15,17H2,1-2H3,(H,27,32). The maximum atomic E-state index is 12.6. The van der Waals surface area contributed by atoms with Crippen LogP contribution in [0, 0.1) is 5.92 Å². The molecule has 2 aromatic heterocycles. The summed E-state index contributed by atoms with van der Waals surface area (Å²) in [5.74, 6) is 2.29. The number of ether oxygens (including phenoxy) is 1. The van der Waals surface area contributed by atoms with Crippen LogP contribution < -0.4 is 10.2 Å². The Morgan fingerprint density at radius 3 is 2.79 bits per heavy atom. The van der Waals surface area contributed by atoms with E-state index in [4.69, 9.17) is 25.7 Å². The number of fused-ring (bicyclic) bond motifs is 1. The number of nitrogens with one attached hydrogen (secondary N) is 1. The molecule has 182 valence electrons. The fourth-order valence-electron chi connectivity index (χ4n) is 4.07. The third-order valence-corrected chi connectivity index (χ3v) is 5.96. The number of aromatic nitrogens is 2. The maximum Gasteiger partial charge on any atom is 0.221 e. The van der Waals surface area contributed by atoms with E-state index in [1.165, 1.54) is 0 Å². The van der Waals surface area contributed by atoms with Crippen LogP contribution in [0.3, 0.4) is 0 Å². The topological polar surface area (TPSA) is 83.7 Å². The van der Waals surface area contributed by atoms with E-state index in [0.29, 0.717) is 42.0 Å². The fourth-order valence-corrected chi connectivity index (χ4v) is 4.24. The van der Waals surface area contributed by atoms with Gasteiger partial charge < -0.3 is 19.4 Å². The summed E-state index contributed by atoms with van der Waals surface area (Å²) in [6.45, 7) is 10.5. The Kier molecular flexibility index (Phi) is 8.37. The number of hydrogen-bond acceptors (Lipinski definition) is 7. The van der Waals surface area contributed by atoms with E-state index in [2.05, 4.69) is 33.9 Å². The first-order chi connectivity index (χ1) is 16.5. The van der Waals surface area contributed by atoms with Crippen molar-refractivity contribution in [3.05, 3.63) is 41.6 Å². The van der Waals surface area contributed by atoms with Gasteiger partial charge in [0.05, 0.1) is 25.0 Å². The van der Waals surface area contributed by atoms with Crippen molar-refractivity contribution in [1.82, 2.24) is 20.2 Å². The minimum absolute atomic E-state index is 0.0367. The first kappa shape index (κ1) is 24.4. The summed E-state index contributed by atoms with van der Waals surface area (Å²) < 4.78 is 10.9. The van der Waals surface area contributed by atoms with Crippen LogP contribution in [0.15, 0.2) is 41.0 Å². The molecule has 0 bridgehead atoms. The molecule has 0 saturated carbocycles. The fraction of sp³-hybridized carbons (Fsp3) is 0.480. The van der Waals surface area contributed by atoms with Crippen LogP contribution in [0.5, 0.6) is 0 Å². The third-order valence-electron chi connectivity index (χ3n) is 5.73. The lowest BCUT2D eigenvalue weighted by Crippen LogP contribution is -2.42. The Labute approximate surface area is 205 Å². The van der Waals surface area contributed by atoms with E-state index >= 15 is 0 Å². The molecule has 34 heavy (non-hydrogen) atoms. The average molecular weight is 486 g/mol. The molecule has 0 spiro atoms. The monoisotopic (exact) mass is 485 g/mol. The van der Waals surface area contributed by atoms with Crippen LogP contribution in [-0.4, -0.2) is 73.3 Å². The molecule has 3 heterocycles. The van der Waals surface area contributed by atoms with Crippen LogP contribution in [-0.2, 0) is 9.53 Å². The highest BCUT2D eigenvalue weighted by Gasteiger charge is 2.19. The van der Waals surface area contributed by atoms with E-state index in [1.807, 2.05) is 30.3 Å². The van der Waals surface area contributed by atoms with E-state index in [0.717, 1.165) is 56.1 Å². The second kappa shape index (κ2) is 11.6. The van der Waals surface area contributed by atoms with Gasteiger partial charge in [-0.3, -0.25) is 9.69 Å². The van der Waals surface area contributed by atoms with E-state index < -0.39 is 0 Å². The number of anilines is 1. The van der Waals surface area contributed by atoms with Gasteiger partial charge in [0.2, 0.25) is 5.91 Å². The van der Waals surface area contributed by atoms with Crippen LogP contribution in [0.4, 0.5) is 5.82 Å². The number of benzene rings is 1. The van der Waals surface area contributed by atoms with Gasteiger partial charge in [0.15, 0.2) is 11.6 Å². The molecule has 1 aliphatic heterocycles. The molecule has 1 aliphatic rings. The van der Waals surface area contributed by atoms with Crippen molar-refractivity contribution in [2.75, 3.05) is 57.4 Å². The second-order valence-electron chi connectivity index (χ2n) is 8.90. The Morgan fingerprint density at radius 1 is 1.24 bits per heavy atom. The summed E-state index contributed by atoms with van der Waals surface area (Å²) in [6, 6.07) is 9.27. The van der Waals surface area contributed by atoms with Crippen LogP contribution in [0.25, 0.3) is 22.5 Å².